The Morgan fingerprint density at radius 3 is 1.20 bits per heavy atom. The van der Waals surface area contributed by atoms with E-state index in [4.69, 9.17) is 0 Å². The van der Waals surface area contributed by atoms with Gasteiger partial charge in [-0.1, -0.05) is 0 Å². The summed E-state index contributed by atoms with van der Waals surface area (Å²) < 4.78 is 103. The summed E-state index contributed by atoms with van der Waals surface area (Å²) in [6.07, 6.45) is -10.3. The Balaban J connectivity index is 3.86. The van der Waals surface area contributed by atoms with Crippen molar-refractivity contribution in [1.82, 2.24) is 0 Å². The highest BCUT2D eigenvalue weighted by Gasteiger charge is 2.43. The van der Waals surface area contributed by atoms with Gasteiger partial charge in [0.25, 0.3) is 5.92 Å². The molecule has 0 fully saturated rings. The highest BCUT2D eigenvalue weighted by molar-refractivity contribution is 5.49. The van der Waals surface area contributed by atoms with Gasteiger partial charge in [0.05, 0.1) is 11.1 Å². The molecular formula is C12H10F8. The summed E-state index contributed by atoms with van der Waals surface area (Å²) in [5.41, 5.74) is -6.43. The third-order valence-electron chi connectivity index (χ3n) is 2.90. The summed E-state index contributed by atoms with van der Waals surface area (Å²) in [5.74, 6) is -3.81. The zero-order valence-electron chi connectivity index (χ0n) is 10.6. The van der Waals surface area contributed by atoms with E-state index in [1.165, 1.54) is 0 Å². The molecule has 0 atom stereocenters. The van der Waals surface area contributed by atoms with Crippen LogP contribution in [0.15, 0.2) is 6.07 Å². The molecule has 114 valence electrons. The Labute approximate surface area is 109 Å². The molecular weight excluding hydrogens is 296 g/mol. The molecule has 0 N–H and O–H groups in total. The van der Waals surface area contributed by atoms with E-state index in [0.29, 0.717) is 0 Å². The first kappa shape index (κ1) is 16.7. The van der Waals surface area contributed by atoms with Crippen molar-refractivity contribution in [3.63, 3.8) is 0 Å². The van der Waals surface area contributed by atoms with Crippen molar-refractivity contribution < 1.29 is 35.1 Å². The quantitative estimate of drug-likeness (QED) is 0.605. The van der Waals surface area contributed by atoms with Crippen LogP contribution in [0.4, 0.5) is 35.1 Å². The van der Waals surface area contributed by atoms with Gasteiger partial charge in [-0.25, -0.2) is 8.78 Å². The van der Waals surface area contributed by atoms with Crippen LogP contribution in [0.25, 0.3) is 0 Å². The molecule has 0 unspecified atom stereocenters. The molecule has 1 aromatic carbocycles. The van der Waals surface area contributed by atoms with Crippen molar-refractivity contribution in [1.29, 1.82) is 0 Å². The fraction of sp³-hybridized carbons (Fsp3) is 0.500. The molecule has 0 aliphatic rings. The molecule has 1 rings (SSSR count). The second-order valence-electron chi connectivity index (χ2n) is 4.48. The van der Waals surface area contributed by atoms with Gasteiger partial charge in [0.1, 0.15) is 0 Å². The summed E-state index contributed by atoms with van der Waals surface area (Å²) in [7, 11) is 0. The number of benzene rings is 1. The normalized spacial score (nSPS) is 13.8. The predicted molar refractivity (Wildman–Crippen MR) is 55.5 cm³/mol. The lowest BCUT2D eigenvalue weighted by atomic mass is 9.89. The molecule has 0 amide bonds. The van der Waals surface area contributed by atoms with Crippen LogP contribution in [0.5, 0.6) is 0 Å². The summed E-state index contributed by atoms with van der Waals surface area (Å²) in [6, 6.07) is -0.125. The topological polar surface area (TPSA) is 0 Å². The highest BCUT2D eigenvalue weighted by atomic mass is 19.4. The summed E-state index contributed by atoms with van der Waals surface area (Å²) >= 11 is 0. The first-order valence-electron chi connectivity index (χ1n) is 5.34. The highest BCUT2D eigenvalue weighted by Crippen LogP contribution is 2.44. The smallest absolute Gasteiger partial charge is 0.202 e. The average molecular weight is 306 g/mol. The van der Waals surface area contributed by atoms with Gasteiger partial charge < -0.3 is 0 Å². The summed E-state index contributed by atoms with van der Waals surface area (Å²) in [6.45, 7) is 1.74. The van der Waals surface area contributed by atoms with Crippen molar-refractivity contribution in [2.75, 3.05) is 0 Å². The maximum atomic E-state index is 13.4. The Hall–Kier alpha value is -1.34. The van der Waals surface area contributed by atoms with Gasteiger partial charge in [-0.05, 0) is 31.0 Å². The van der Waals surface area contributed by atoms with Crippen molar-refractivity contribution in [2.45, 2.75) is 39.0 Å². The molecule has 0 nitrogen and oxygen atoms in total. The molecule has 0 saturated heterocycles. The molecule has 0 spiro atoms. The van der Waals surface area contributed by atoms with Crippen LogP contribution in [-0.4, -0.2) is 0 Å². The fourth-order valence-corrected chi connectivity index (χ4v) is 2.16. The standard InChI is InChI=1S/C12H10F8/c1-5-7(11(15,16)17)4-8(12(18,19)20)6(2)9(5)10(3,13)14/h4H,1-3H3. The molecule has 0 aromatic heterocycles. The number of hydrogen-bond acceptors (Lipinski definition) is 0. The Kier molecular flexibility index (Phi) is 3.84. The molecule has 0 heterocycles. The second kappa shape index (κ2) is 4.60. The molecule has 20 heavy (non-hydrogen) atoms. The second-order valence-corrected chi connectivity index (χ2v) is 4.48. The Bertz CT molecular complexity index is 478. The largest absolute Gasteiger partial charge is 0.416 e. The van der Waals surface area contributed by atoms with E-state index in [1.54, 1.807) is 0 Å². The van der Waals surface area contributed by atoms with Crippen molar-refractivity contribution in [2.24, 2.45) is 0 Å². The lowest BCUT2D eigenvalue weighted by Crippen LogP contribution is -2.21. The fourth-order valence-electron chi connectivity index (χ4n) is 2.16. The van der Waals surface area contributed by atoms with Gasteiger partial charge in [-0.2, -0.15) is 26.3 Å². The molecule has 1 aromatic rings. The minimum Gasteiger partial charge on any atom is -0.202 e. The van der Waals surface area contributed by atoms with Gasteiger partial charge in [0.15, 0.2) is 0 Å². The van der Waals surface area contributed by atoms with E-state index in [9.17, 15) is 35.1 Å². The predicted octanol–water partition coefficient (Wildman–Crippen LogP) is 5.45. The number of halogens is 8. The van der Waals surface area contributed by atoms with Crippen molar-refractivity contribution in [3.8, 4) is 0 Å². The first-order valence-corrected chi connectivity index (χ1v) is 5.34. The van der Waals surface area contributed by atoms with Crippen molar-refractivity contribution >= 4 is 0 Å². The summed E-state index contributed by atoms with van der Waals surface area (Å²) in [5, 5.41) is 0. The number of hydrogen-bond donors (Lipinski definition) is 0. The van der Waals surface area contributed by atoms with E-state index >= 15 is 0 Å². The Morgan fingerprint density at radius 2 is 1.00 bits per heavy atom. The van der Waals surface area contributed by atoms with Crippen LogP contribution in [0.3, 0.4) is 0 Å². The van der Waals surface area contributed by atoms with Crippen LogP contribution < -0.4 is 0 Å². The zero-order valence-corrected chi connectivity index (χ0v) is 10.6. The van der Waals surface area contributed by atoms with Gasteiger partial charge in [-0.3, -0.25) is 0 Å². The molecule has 0 bridgehead atoms. The lowest BCUT2D eigenvalue weighted by Gasteiger charge is -2.24. The minimum atomic E-state index is -5.14. The van der Waals surface area contributed by atoms with Crippen LogP contribution in [0.1, 0.15) is 34.7 Å². The van der Waals surface area contributed by atoms with Crippen LogP contribution in [-0.2, 0) is 18.3 Å². The minimum absolute atomic E-state index is 0.125. The van der Waals surface area contributed by atoms with Gasteiger partial charge in [0, 0.05) is 12.5 Å². The third kappa shape index (κ3) is 3.04. The van der Waals surface area contributed by atoms with Gasteiger partial charge in [0.2, 0.25) is 0 Å². The Morgan fingerprint density at radius 1 is 0.700 bits per heavy atom. The van der Waals surface area contributed by atoms with Crippen molar-refractivity contribution in [3.05, 3.63) is 33.9 Å². The molecule has 0 aliphatic heterocycles. The average Bonchev–Trinajstić information content (AvgIpc) is 2.10. The molecule has 0 saturated carbocycles. The zero-order chi connectivity index (χ0) is 16.1. The third-order valence-corrected chi connectivity index (χ3v) is 2.90. The van der Waals surface area contributed by atoms with E-state index in [1.807, 2.05) is 0 Å². The number of alkyl halides is 8. The van der Waals surface area contributed by atoms with E-state index in [0.717, 1.165) is 13.8 Å². The van der Waals surface area contributed by atoms with E-state index in [2.05, 4.69) is 0 Å². The van der Waals surface area contributed by atoms with Crippen LogP contribution in [0, 0.1) is 13.8 Å². The van der Waals surface area contributed by atoms with Gasteiger partial charge in [-0.15, -0.1) is 0 Å². The van der Waals surface area contributed by atoms with E-state index in [-0.39, 0.29) is 13.0 Å². The van der Waals surface area contributed by atoms with Crippen LogP contribution in [0.2, 0.25) is 0 Å². The molecule has 0 aliphatic carbocycles. The van der Waals surface area contributed by atoms with Crippen LogP contribution >= 0.6 is 0 Å². The van der Waals surface area contributed by atoms with E-state index < -0.39 is 46.1 Å². The maximum Gasteiger partial charge on any atom is 0.416 e. The molecule has 0 radical (unpaired) electrons. The first-order chi connectivity index (χ1) is 8.67. The molecule has 8 heteroatoms. The maximum absolute atomic E-state index is 13.4. The number of rotatable bonds is 1. The monoisotopic (exact) mass is 306 g/mol. The van der Waals surface area contributed by atoms with Gasteiger partial charge >= 0.3 is 12.4 Å². The lowest BCUT2D eigenvalue weighted by molar-refractivity contribution is -0.144. The SMILES string of the molecule is Cc1c(C(F)(F)F)cc(C(F)(F)F)c(C)c1C(C)(F)F. The summed E-state index contributed by atoms with van der Waals surface area (Å²) in [4.78, 5) is 0.